The summed E-state index contributed by atoms with van der Waals surface area (Å²) in [6.45, 7) is 7.75. The van der Waals surface area contributed by atoms with Crippen molar-refractivity contribution in [3.8, 4) is 11.1 Å². The summed E-state index contributed by atoms with van der Waals surface area (Å²) in [5, 5.41) is 4.51. The summed E-state index contributed by atoms with van der Waals surface area (Å²) >= 11 is 0. The summed E-state index contributed by atoms with van der Waals surface area (Å²) < 4.78 is 13.2. The van der Waals surface area contributed by atoms with Gasteiger partial charge in [0.15, 0.2) is 0 Å². The van der Waals surface area contributed by atoms with Crippen LogP contribution in [0.3, 0.4) is 0 Å². The molecular formula is C24H31N3O3. The molecule has 0 saturated carbocycles. The van der Waals surface area contributed by atoms with Gasteiger partial charge in [-0.25, -0.2) is 9.48 Å². The maximum absolute atomic E-state index is 12.2. The number of carbonyl (C=O) groups excluding carboxylic acids is 1. The standard InChI is InChI=1S/C24H31N3O3/c1-24(2,3)30-23(28)26-13-11-20(12-14-26)18-7-9-19(10-8-18)21-16-25-27(17-21)22-6-4-5-15-29-22/h7-11,16-17,22H,4-6,12-15H2,1-3H3. The van der Waals surface area contributed by atoms with Gasteiger partial charge in [0.1, 0.15) is 11.8 Å². The molecule has 0 N–H and O–H groups in total. The zero-order valence-electron chi connectivity index (χ0n) is 18.1. The maximum atomic E-state index is 12.2. The van der Waals surface area contributed by atoms with E-state index in [0.29, 0.717) is 13.1 Å². The second-order valence-electron chi connectivity index (χ2n) is 9.01. The Bertz CT molecular complexity index is 903. The lowest BCUT2D eigenvalue weighted by Crippen LogP contribution is -2.39. The third-order valence-corrected chi connectivity index (χ3v) is 5.50. The predicted octanol–water partition coefficient (Wildman–Crippen LogP) is 5.27. The van der Waals surface area contributed by atoms with Gasteiger partial charge in [-0.05, 0) is 63.2 Å². The van der Waals surface area contributed by atoms with Gasteiger partial charge in [0, 0.05) is 31.5 Å². The molecule has 1 fully saturated rings. The molecule has 0 aliphatic carbocycles. The number of ether oxygens (including phenoxy) is 2. The Morgan fingerprint density at radius 3 is 2.53 bits per heavy atom. The number of hydrogen-bond acceptors (Lipinski definition) is 4. The Morgan fingerprint density at radius 2 is 1.90 bits per heavy atom. The fourth-order valence-corrected chi connectivity index (χ4v) is 3.88. The van der Waals surface area contributed by atoms with Crippen LogP contribution in [0.5, 0.6) is 0 Å². The SMILES string of the molecule is CC(C)(C)OC(=O)N1CC=C(c2ccc(-c3cnn(C4CCCCO4)c3)cc2)CC1. The van der Waals surface area contributed by atoms with E-state index in [1.54, 1.807) is 4.90 Å². The molecule has 1 saturated heterocycles. The van der Waals surface area contributed by atoms with Crippen LogP contribution in [0.25, 0.3) is 16.7 Å². The molecule has 1 aromatic carbocycles. The van der Waals surface area contributed by atoms with Crippen LogP contribution >= 0.6 is 0 Å². The van der Waals surface area contributed by atoms with Crippen molar-refractivity contribution in [3.05, 3.63) is 48.3 Å². The van der Waals surface area contributed by atoms with E-state index in [0.717, 1.165) is 37.0 Å². The number of rotatable bonds is 3. The average molecular weight is 410 g/mol. The highest BCUT2D eigenvalue weighted by atomic mass is 16.6. The van der Waals surface area contributed by atoms with Crippen LogP contribution in [-0.2, 0) is 9.47 Å². The van der Waals surface area contributed by atoms with E-state index in [1.807, 2.05) is 31.6 Å². The molecule has 6 nitrogen and oxygen atoms in total. The summed E-state index contributed by atoms with van der Waals surface area (Å²) in [7, 11) is 0. The van der Waals surface area contributed by atoms with Gasteiger partial charge < -0.3 is 14.4 Å². The molecule has 1 atom stereocenters. The highest BCUT2D eigenvalue weighted by Gasteiger charge is 2.24. The number of nitrogens with zero attached hydrogens (tertiary/aromatic N) is 3. The van der Waals surface area contributed by atoms with Crippen LogP contribution in [0.2, 0.25) is 0 Å². The molecule has 30 heavy (non-hydrogen) atoms. The molecule has 2 aromatic rings. The molecule has 1 unspecified atom stereocenters. The van der Waals surface area contributed by atoms with Gasteiger partial charge in [-0.15, -0.1) is 0 Å². The molecule has 6 heteroatoms. The minimum atomic E-state index is -0.464. The first-order chi connectivity index (χ1) is 14.4. The van der Waals surface area contributed by atoms with Gasteiger partial charge in [-0.1, -0.05) is 30.3 Å². The first-order valence-electron chi connectivity index (χ1n) is 10.8. The van der Waals surface area contributed by atoms with Gasteiger partial charge in [0.25, 0.3) is 0 Å². The Balaban J connectivity index is 1.39. The fraction of sp³-hybridized carbons (Fsp3) is 0.500. The van der Waals surface area contributed by atoms with Crippen LogP contribution in [0.4, 0.5) is 4.79 Å². The summed E-state index contributed by atoms with van der Waals surface area (Å²) in [6.07, 6.45) is 10.1. The van der Waals surface area contributed by atoms with Gasteiger partial charge >= 0.3 is 6.09 Å². The molecule has 0 spiro atoms. The molecule has 1 aromatic heterocycles. The van der Waals surface area contributed by atoms with Crippen LogP contribution in [0.1, 0.15) is 58.2 Å². The lowest BCUT2D eigenvalue weighted by Gasteiger charge is -2.29. The van der Waals surface area contributed by atoms with Crippen molar-refractivity contribution in [2.45, 2.75) is 58.3 Å². The van der Waals surface area contributed by atoms with Crippen molar-refractivity contribution >= 4 is 11.7 Å². The maximum Gasteiger partial charge on any atom is 0.410 e. The molecule has 160 valence electrons. The van der Waals surface area contributed by atoms with Crippen LogP contribution in [-0.4, -0.2) is 46.1 Å². The normalized spacial score (nSPS) is 20.0. The number of benzene rings is 1. The van der Waals surface area contributed by atoms with E-state index >= 15 is 0 Å². The lowest BCUT2D eigenvalue weighted by molar-refractivity contribution is -0.0394. The first kappa shape index (κ1) is 20.7. The first-order valence-corrected chi connectivity index (χ1v) is 10.8. The molecule has 0 bridgehead atoms. The van der Waals surface area contributed by atoms with Crippen LogP contribution in [0.15, 0.2) is 42.7 Å². The molecule has 2 aliphatic rings. The quantitative estimate of drug-likeness (QED) is 0.693. The van der Waals surface area contributed by atoms with Crippen molar-refractivity contribution in [2.75, 3.05) is 19.7 Å². The van der Waals surface area contributed by atoms with E-state index in [9.17, 15) is 4.79 Å². The minimum absolute atomic E-state index is 0.0621. The Hall–Kier alpha value is -2.60. The zero-order chi connectivity index (χ0) is 21.1. The van der Waals surface area contributed by atoms with Crippen LogP contribution in [0, 0.1) is 0 Å². The molecule has 0 radical (unpaired) electrons. The monoisotopic (exact) mass is 409 g/mol. The van der Waals surface area contributed by atoms with Crippen molar-refractivity contribution in [2.24, 2.45) is 0 Å². The van der Waals surface area contributed by atoms with Crippen molar-refractivity contribution < 1.29 is 14.3 Å². The van der Waals surface area contributed by atoms with Gasteiger partial charge in [-0.3, -0.25) is 0 Å². The van der Waals surface area contributed by atoms with E-state index in [-0.39, 0.29) is 12.3 Å². The summed E-state index contributed by atoms with van der Waals surface area (Å²) in [5.74, 6) is 0. The molecular weight excluding hydrogens is 378 g/mol. The number of carbonyl (C=O) groups is 1. The largest absolute Gasteiger partial charge is 0.444 e. The lowest BCUT2D eigenvalue weighted by atomic mass is 9.97. The zero-order valence-corrected chi connectivity index (χ0v) is 18.1. The summed E-state index contributed by atoms with van der Waals surface area (Å²) in [4.78, 5) is 14.0. The van der Waals surface area contributed by atoms with Gasteiger partial charge in [0.2, 0.25) is 0 Å². The van der Waals surface area contributed by atoms with Gasteiger partial charge in [-0.2, -0.15) is 5.10 Å². The molecule has 3 heterocycles. The number of aromatic nitrogens is 2. The highest BCUT2D eigenvalue weighted by Crippen LogP contribution is 2.28. The number of hydrogen-bond donors (Lipinski definition) is 0. The Morgan fingerprint density at radius 1 is 1.13 bits per heavy atom. The third-order valence-electron chi connectivity index (χ3n) is 5.50. The molecule has 2 aliphatic heterocycles. The van der Waals surface area contributed by atoms with Crippen molar-refractivity contribution in [1.29, 1.82) is 0 Å². The smallest absolute Gasteiger partial charge is 0.410 e. The predicted molar refractivity (Wildman–Crippen MR) is 117 cm³/mol. The minimum Gasteiger partial charge on any atom is -0.444 e. The second-order valence-corrected chi connectivity index (χ2v) is 9.01. The van der Waals surface area contributed by atoms with Gasteiger partial charge in [0.05, 0.1) is 6.20 Å². The van der Waals surface area contributed by atoms with Crippen molar-refractivity contribution in [3.63, 3.8) is 0 Å². The Labute approximate surface area is 178 Å². The Kier molecular flexibility index (Phi) is 5.95. The van der Waals surface area contributed by atoms with E-state index in [1.165, 1.54) is 17.6 Å². The topological polar surface area (TPSA) is 56.6 Å². The third kappa shape index (κ3) is 4.93. The molecule has 4 rings (SSSR count). The summed E-state index contributed by atoms with van der Waals surface area (Å²) in [5.41, 5.74) is 4.25. The van der Waals surface area contributed by atoms with E-state index < -0.39 is 5.60 Å². The van der Waals surface area contributed by atoms with E-state index in [4.69, 9.17) is 9.47 Å². The fourth-order valence-electron chi connectivity index (χ4n) is 3.88. The molecule has 1 amide bonds. The van der Waals surface area contributed by atoms with E-state index in [2.05, 4.69) is 41.6 Å². The average Bonchev–Trinajstić information content (AvgIpc) is 3.24. The second kappa shape index (κ2) is 8.64. The van der Waals surface area contributed by atoms with Crippen LogP contribution < -0.4 is 0 Å². The highest BCUT2D eigenvalue weighted by molar-refractivity contribution is 5.74. The summed E-state index contributed by atoms with van der Waals surface area (Å²) in [6, 6.07) is 8.58. The van der Waals surface area contributed by atoms with Crippen molar-refractivity contribution in [1.82, 2.24) is 14.7 Å². The number of amides is 1.